The molecule has 29 heavy (non-hydrogen) atoms. The molecule has 3 heterocycles. The van der Waals surface area contributed by atoms with Gasteiger partial charge in [0.15, 0.2) is 0 Å². The number of nitrogens with one attached hydrogen (secondary N) is 1. The lowest BCUT2D eigenvalue weighted by molar-refractivity contribution is 0.0625. The fraction of sp³-hybridized carbons (Fsp3) is 0.619. The Morgan fingerprint density at radius 2 is 1.86 bits per heavy atom. The summed E-state index contributed by atoms with van der Waals surface area (Å²) in [5.74, 6) is 0.568. The molecule has 1 N–H and O–H groups in total. The smallest absolute Gasteiger partial charge is 0.274 e. The maximum absolute atomic E-state index is 12.7. The van der Waals surface area contributed by atoms with Crippen LogP contribution in [0.4, 0.5) is 0 Å². The second-order valence-electron chi connectivity index (χ2n) is 9.15. The summed E-state index contributed by atoms with van der Waals surface area (Å²) in [6.45, 7) is 10.5. The average Bonchev–Trinajstić information content (AvgIpc) is 3.43. The van der Waals surface area contributed by atoms with Crippen LogP contribution >= 0.6 is 0 Å². The van der Waals surface area contributed by atoms with Crippen molar-refractivity contribution in [1.82, 2.24) is 29.8 Å². The molecule has 156 valence electrons. The number of aromatic amines is 1. The van der Waals surface area contributed by atoms with E-state index in [0.717, 1.165) is 31.0 Å². The van der Waals surface area contributed by atoms with E-state index in [-0.39, 0.29) is 16.9 Å². The van der Waals surface area contributed by atoms with Crippen LogP contribution in [0.3, 0.4) is 0 Å². The Labute approximate surface area is 170 Å². The van der Waals surface area contributed by atoms with Gasteiger partial charge in [0.25, 0.3) is 11.5 Å². The van der Waals surface area contributed by atoms with Gasteiger partial charge in [-0.05, 0) is 25.0 Å². The monoisotopic (exact) mass is 398 g/mol. The Morgan fingerprint density at radius 1 is 1.14 bits per heavy atom. The molecular weight excluding hydrogens is 368 g/mol. The Morgan fingerprint density at radius 3 is 2.52 bits per heavy atom. The van der Waals surface area contributed by atoms with Crippen molar-refractivity contribution in [3.05, 3.63) is 45.6 Å². The minimum absolute atomic E-state index is 0.00330. The predicted octanol–water partition coefficient (Wildman–Crippen LogP) is 1.60. The van der Waals surface area contributed by atoms with Crippen molar-refractivity contribution in [2.75, 3.05) is 32.7 Å². The molecule has 4 rings (SSSR count). The molecule has 8 heteroatoms. The summed E-state index contributed by atoms with van der Waals surface area (Å²) in [5.41, 5.74) is 2.36. The van der Waals surface area contributed by atoms with Crippen LogP contribution in [-0.2, 0) is 12.0 Å². The average molecular weight is 399 g/mol. The highest BCUT2D eigenvalue weighted by Crippen LogP contribution is 2.39. The van der Waals surface area contributed by atoms with Gasteiger partial charge in [0.2, 0.25) is 0 Å². The summed E-state index contributed by atoms with van der Waals surface area (Å²) < 4.78 is 1.56. The summed E-state index contributed by atoms with van der Waals surface area (Å²) in [5, 5.41) is 11.8. The molecule has 0 radical (unpaired) electrons. The van der Waals surface area contributed by atoms with Crippen molar-refractivity contribution in [2.45, 2.75) is 51.5 Å². The summed E-state index contributed by atoms with van der Waals surface area (Å²) in [6, 6.07) is 5.32. The zero-order valence-electron chi connectivity index (χ0n) is 17.5. The van der Waals surface area contributed by atoms with Crippen molar-refractivity contribution in [2.24, 2.45) is 0 Å². The SMILES string of the molecule is CC(C)(C)c1ccc(=O)n(CCN2CCN(C(=O)c3cc(C4CC4)[nH]n3)CC2)n1. The van der Waals surface area contributed by atoms with Gasteiger partial charge in [-0.25, -0.2) is 4.68 Å². The molecule has 2 fully saturated rings. The molecule has 1 amide bonds. The third-order valence-corrected chi connectivity index (χ3v) is 5.76. The van der Waals surface area contributed by atoms with Crippen molar-refractivity contribution < 1.29 is 4.79 Å². The number of amides is 1. The normalized spacial score (nSPS) is 18.2. The highest BCUT2D eigenvalue weighted by atomic mass is 16.2. The highest BCUT2D eigenvalue weighted by Gasteiger charge is 2.28. The highest BCUT2D eigenvalue weighted by molar-refractivity contribution is 5.92. The lowest BCUT2D eigenvalue weighted by atomic mass is 9.92. The van der Waals surface area contributed by atoms with Gasteiger partial charge in [-0.3, -0.25) is 19.6 Å². The summed E-state index contributed by atoms with van der Waals surface area (Å²) in [7, 11) is 0. The first-order chi connectivity index (χ1) is 13.8. The predicted molar refractivity (Wildman–Crippen MR) is 110 cm³/mol. The Bertz CT molecular complexity index is 929. The van der Waals surface area contributed by atoms with Crippen LogP contribution in [0.5, 0.6) is 0 Å². The number of aromatic nitrogens is 4. The zero-order chi connectivity index (χ0) is 20.6. The molecule has 0 spiro atoms. The van der Waals surface area contributed by atoms with Crippen LogP contribution in [0, 0.1) is 0 Å². The van der Waals surface area contributed by atoms with Crippen LogP contribution in [0.2, 0.25) is 0 Å². The largest absolute Gasteiger partial charge is 0.335 e. The molecule has 0 unspecified atom stereocenters. The Hall–Kier alpha value is -2.48. The van der Waals surface area contributed by atoms with Gasteiger partial charge in [-0.2, -0.15) is 10.2 Å². The first kappa shape index (κ1) is 19.8. The molecule has 2 aromatic heterocycles. The van der Waals surface area contributed by atoms with Gasteiger partial charge < -0.3 is 4.90 Å². The Balaban J connectivity index is 1.30. The van der Waals surface area contributed by atoms with Gasteiger partial charge in [-0.1, -0.05) is 20.8 Å². The van der Waals surface area contributed by atoms with E-state index in [4.69, 9.17) is 0 Å². The van der Waals surface area contributed by atoms with Crippen molar-refractivity contribution in [1.29, 1.82) is 0 Å². The summed E-state index contributed by atoms with van der Waals surface area (Å²) in [4.78, 5) is 29.0. The first-order valence-electron chi connectivity index (χ1n) is 10.5. The lowest BCUT2D eigenvalue weighted by Gasteiger charge is -2.34. The number of hydrogen-bond donors (Lipinski definition) is 1. The number of nitrogens with zero attached hydrogens (tertiary/aromatic N) is 5. The first-order valence-corrected chi connectivity index (χ1v) is 10.5. The molecule has 2 aliphatic rings. The van der Waals surface area contributed by atoms with E-state index in [1.54, 1.807) is 10.7 Å². The minimum Gasteiger partial charge on any atom is -0.335 e. The van der Waals surface area contributed by atoms with E-state index in [1.807, 2.05) is 17.0 Å². The van der Waals surface area contributed by atoms with Crippen LogP contribution in [0.15, 0.2) is 23.0 Å². The lowest BCUT2D eigenvalue weighted by Crippen LogP contribution is -2.49. The van der Waals surface area contributed by atoms with Crippen LogP contribution in [0.25, 0.3) is 0 Å². The van der Waals surface area contributed by atoms with E-state index in [9.17, 15) is 9.59 Å². The van der Waals surface area contributed by atoms with Gasteiger partial charge in [0.05, 0.1) is 12.2 Å². The maximum Gasteiger partial charge on any atom is 0.274 e. The van der Waals surface area contributed by atoms with Gasteiger partial charge in [0.1, 0.15) is 5.69 Å². The number of rotatable bonds is 5. The molecule has 2 aromatic rings. The second-order valence-corrected chi connectivity index (χ2v) is 9.15. The number of carbonyl (C=O) groups excluding carboxylic acids is 1. The van der Waals surface area contributed by atoms with Gasteiger partial charge in [0, 0.05) is 55.8 Å². The van der Waals surface area contributed by atoms with Crippen molar-refractivity contribution >= 4 is 5.91 Å². The molecular formula is C21H30N6O2. The van der Waals surface area contributed by atoms with Crippen LogP contribution < -0.4 is 5.56 Å². The van der Waals surface area contributed by atoms with Crippen LogP contribution in [0.1, 0.15) is 61.4 Å². The van der Waals surface area contributed by atoms with Gasteiger partial charge >= 0.3 is 0 Å². The van der Waals surface area contributed by atoms with Crippen molar-refractivity contribution in [3.63, 3.8) is 0 Å². The fourth-order valence-corrected chi connectivity index (χ4v) is 3.63. The fourth-order valence-electron chi connectivity index (χ4n) is 3.63. The molecule has 0 bridgehead atoms. The number of carbonyl (C=O) groups is 1. The third-order valence-electron chi connectivity index (χ3n) is 5.76. The number of hydrogen-bond acceptors (Lipinski definition) is 5. The van der Waals surface area contributed by atoms with E-state index >= 15 is 0 Å². The van der Waals surface area contributed by atoms with Crippen LogP contribution in [-0.4, -0.2) is 68.4 Å². The van der Waals surface area contributed by atoms with Gasteiger partial charge in [-0.15, -0.1) is 0 Å². The summed E-state index contributed by atoms with van der Waals surface area (Å²) >= 11 is 0. The molecule has 1 aliphatic carbocycles. The molecule has 1 saturated carbocycles. The molecule has 0 atom stereocenters. The van der Waals surface area contributed by atoms with E-state index < -0.39 is 0 Å². The quantitative estimate of drug-likeness (QED) is 0.827. The molecule has 1 saturated heterocycles. The van der Waals surface area contributed by atoms with E-state index in [0.29, 0.717) is 31.2 Å². The maximum atomic E-state index is 12.7. The standard InChI is InChI=1S/C21H30N6O2/c1-21(2,3)18-6-7-19(28)27(24-18)13-10-25-8-11-26(12-9-25)20(29)17-14-16(22-23-17)15-4-5-15/h6-7,14-15H,4-5,8-13H2,1-3H3,(H,22,23). The topological polar surface area (TPSA) is 87.1 Å². The summed E-state index contributed by atoms with van der Waals surface area (Å²) in [6.07, 6.45) is 2.37. The zero-order valence-corrected chi connectivity index (χ0v) is 17.5. The molecule has 8 nitrogen and oxygen atoms in total. The van der Waals surface area contributed by atoms with Crippen molar-refractivity contribution in [3.8, 4) is 0 Å². The third kappa shape index (κ3) is 4.58. The minimum atomic E-state index is -0.0902. The van der Waals surface area contributed by atoms with E-state index in [1.165, 1.54) is 12.8 Å². The Kier molecular flexibility index (Phi) is 5.29. The number of piperazine rings is 1. The molecule has 0 aromatic carbocycles. The molecule has 1 aliphatic heterocycles. The number of H-pyrrole nitrogens is 1. The van der Waals surface area contributed by atoms with E-state index in [2.05, 4.69) is 41.0 Å². The second kappa shape index (κ2) is 7.74.